The third kappa shape index (κ3) is 4.51. The molecule has 0 bridgehead atoms. The lowest BCUT2D eigenvalue weighted by Crippen LogP contribution is -2.37. The zero-order valence-corrected chi connectivity index (χ0v) is 20.7. The van der Waals surface area contributed by atoms with Crippen molar-refractivity contribution in [3.8, 4) is 11.5 Å². The highest BCUT2D eigenvalue weighted by Gasteiger charge is 2.30. The van der Waals surface area contributed by atoms with E-state index in [0.717, 1.165) is 66.1 Å². The summed E-state index contributed by atoms with van der Waals surface area (Å²) in [6.07, 6.45) is 6.96. The number of fused-ring (bicyclic) bond motifs is 2. The van der Waals surface area contributed by atoms with Crippen LogP contribution in [0.2, 0.25) is 0 Å². The molecule has 0 atom stereocenters. The fourth-order valence-corrected chi connectivity index (χ4v) is 6.18. The molecule has 184 valence electrons. The lowest BCUT2D eigenvalue weighted by atomic mass is 9.93. The van der Waals surface area contributed by atoms with Gasteiger partial charge in [0.15, 0.2) is 33.6 Å². The van der Waals surface area contributed by atoms with Gasteiger partial charge in [0.1, 0.15) is 19.5 Å². The number of carbonyl (C=O) groups excluding carboxylic acids is 1. The fraction of sp³-hybridized carbons (Fsp3) is 0.520. The summed E-state index contributed by atoms with van der Waals surface area (Å²) in [5.74, 6) is 3.32. The Morgan fingerprint density at radius 1 is 1.11 bits per heavy atom. The van der Waals surface area contributed by atoms with Crippen LogP contribution >= 0.6 is 11.8 Å². The molecular weight excluding hydrogens is 464 g/mol. The van der Waals surface area contributed by atoms with E-state index in [1.54, 1.807) is 18.7 Å². The van der Waals surface area contributed by atoms with Crippen LogP contribution in [0.1, 0.15) is 50.5 Å². The average Bonchev–Trinajstić information content (AvgIpc) is 3.65. The molecule has 2 aliphatic heterocycles. The van der Waals surface area contributed by atoms with E-state index in [9.17, 15) is 4.79 Å². The molecule has 1 saturated carbocycles. The Morgan fingerprint density at radius 3 is 2.57 bits per heavy atom. The van der Waals surface area contributed by atoms with Crippen LogP contribution in [-0.2, 0) is 11.3 Å². The van der Waals surface area contributed by atoms with E-state index < -0.39 is 0 Å². The number of carbonyl (C=O) groups is 1. The Bertz CT molecular complexity index is 1270. The van der Waals surface area contributed by atoms with E-state index in [2.05, 4.69) is 26.7 Å². The van der Waals surface area contributed by atoms with Gasteiger partial charge >= 0.3 is 0 Å². The predicted molar refractivity (Wildman–Crippen MR) is 133 cm³/mol. The second kappa shape index (κ2) is 9.22. The molecule has 1 amide bonds. The van der Waals surface area contributed by atoms with Crippen LogP contribution in [0.25, 0.3) is 11.2 Å². The largest absolute Gasteiger partial charge is 0.486 e. The van der Waals surface area contributed by atoms with Crippen LogP contribution in [-0.4, -0.2) is 56.6 Å². The number of aromatic nitrogens is 4. The number of imidazole rings is 1. The molecule has 0 spiro atoms. The average molecular weight is 495 g/mol. The first-order valence-electron chi connectivity index (χ1n) is 12.4. The van der Waals surface area contributed by atoms with Crippen molar-refractivity contribution in [3.05, 3.63) is 24.0 Å². The Morgan fingerprint density at radius 2 is 1.86 bits per heavy atom. The minimum Gasteiger partial charge on any atom is -0.486 e. The number of anilines is 1. The number of ether oxygens (including phenoxy) is 2. The van der Waals surface area contributed by atoms with Crippen molar-refractivity contribution in [3.63, 3.8) is 0 Å². The Labute approximate surface area is 208 Å². The highest BCUT2D eigenvalue weighted by molar-refractivity contribution is 7.99. The summed E-state index contributed by atoms with van der Waals surface area (Å²) in [5.41, 5.74) is 8.90. The number of nitrogen functional groups attached to an aromatic ring is 1. The number of rotatable bonds is 6. The molecule has 1 aliphatic carbocycles. The molecule has 4 heterocycles. The van der Waals surface area contributed by atoms with Crippen molar-refractivity contribution in [2.45, 2.75) is 61.5 Å². The van der Waals surface area contributed by atoms with Crippen LogP contribution in [0, 0.1) is 5.92 Å². The van der Waals surface area contributed by atoms with Crippen molar-refractivity contribution < 1.29 is 14.3 Å². The summed E-state index contributed by atoms with van der Waals surface area (Å²) in [6, 6.07) is 4.25. The number of nitrogens with zero attached hydrogens (tertiary/aromatic N) is 5. The zero-order chi connectivity index (χ0) is 23.9. The molecule has 6 rings (SSSR count). The molecular formula is C25H30N6O3S. The minimum absolute atomic E-state index is 0.167. The number of piperidine rings is 1. The van der Waals surface area contributed by atoms with E-state index in [1.165, 1.54) is 24.7 Å². The highest BCUT2D eigenvalue weighted by Crippen LogP contribution is 2.49. The molecule has 0 radical (unpaired) electrons. The second-order valence-corrected chi connectivity index (χ2v) is 10.6. The molecule has 3 aromatic rings. The number of likely N-dealkylation sites (tertiary alicyclic amines) is 1. The lowest BCUT2D eigenvalue weighted by Gasteiger charge is -2.31. The van der Waals surface area contributed by atoms with Crippen molar-refractivity contribution >= 4 is 34.7 Å². The van der Waals surface area contributed by atoms with Gasteiger partial charge in [-0.2, -0.15) is 0 Å². The van der Waals surface area contributed by atoms with Crippen LogP contribution < -0.4 is 15.2 Å². The van der Waals surface area contributed by atoms with Gasteiger partial charge in [0, 0.05) is 31.5 Å². The third-order valence-corrected chi connectivity index (χ3v) is 8.31. The van der Waals surface area contributed by atoms with E-state index in [4.69, 9.17) is 20.2 Å². The first kappa shape index (κ1) is 22.5. The minimum atomic E-state index is 0.167. The molecule has 3 aliphatic rings. The van der Waals surface area contributed by atoms with Gasteiger partial charge in [-0.15, -0.1) is 0 Å². The van der Waals surface area contributed by atoms with E-state index in [0.29, 0.717) is 36.4 Å². The fourth-order valence-electron chi connectivity index (χ4n) is 5.05. The molecule has 35 heavy (non-hydrogen) atoms. The van der Waals surface area contributed by atoms with E-state index in [-0.39, 0.29) is 5.91 Å². The predicted octanol–water partition coefficient (Wildman–Crippen LogP) is 3.86. The molecule has 2 aromatic heterocycles. The molecule has 9 nitrogen and oxygen atoms in total. The summed E-state index contributed by atoms with van der Waals surface area (Å²) in [5, 5.41) is 0.868. The maximum Gasteiger partial charge on any atom is 0.219 e. The van der Waals surface area contributed by atoms with Gasteiger partial charge in [0.05, 0.1) is 0 Å². The molecule has 1 saturated heterocycles. The number of nitrogens with two attached hydrogens (primary N) is 1. The van der Waals surface area contributed by atoms with Gasteiger partial charge in [0.25, 0.3) is 0 Å². The van der Waals surface area contributed by atoms with Gasteiger partial charge in [-0.25, -0.2) is 15.0 Å². The maximum absolute atomic E-state index is 11.7. The molecule has 2 fully saturated rings. The SMILES string of the molecule is CC(=O)N1CCC(CCn2c(Sc3cc4c(cc3C3CC3)OCCO4)nc3c(N)ncnc32)CC1. The number of amides is 1. The normalized spacial score (nSPS) is 18.3. The smallest absolute Gasteiger partial charge is 0.219 e. The molecule has 1 aromatic carbocycles. The van der Waals surface area contributed by atoms with Crippen molar-refractivity contribution in [2.24, 2.45) is 5.92 Å². The van der Waals surface area contributed by atoms with Crippen LogP contribution in [0.4, 0.5) is 5.82 Å². The van der Waals surface area contributed by atoms with Gasteiger partial charge in [-0.1, -0.05) is 11.8 Å². The first-order chi connectivity index (χ1) is 17.1. The summed E-state index contributed by atoms with van der Waals surface area (Å²) in [4.78, 5) is 28.4. The van der Waals surface area contributed by atoms with E-state index in [1.807, 2.05) is 4.90 Å². The monoisotopic (exact) mass is 494 g/mol. The molecule has 10 heteroatoms. The van der Waals surface area contributed by atoms with Gasteiger partial charge < -0.3 is 24.7 Å². The van der Waals surface area contributed by atoms with Crippen molar-refractivity contribution in [1.82, 2.24) is 24.4 Å². The molecule has 0 unspecified atom stereocenters. The second-order valence-electron chi connectivity index (χ2n) is 9.63. The zero-order valence-electron chi connectivity index (χ0n) is 19.9. The van der Waals surface area contributed by atoms with E-state index >= 15 is 0 Å². The summed E-state index contributed by atoms with van der Waals surface area (Å²) in [6.45, 7) is 5.27. The Hall–Kier alpha value is -3.01. The number of benzene rings is 1. The Balaban J connectivity index is 1.29. The first-order valence-corrected chi connectivity index (χ1v) is 13.2. The quantitative estimate of drug-likeness (QED) is 0.550. The number of hydrogen-bond acceptors (Lipinski definition) is 8. The topological polar surface area (TPSA) is 108 Å². The standard InChI is InChI=1S/C25H30N6O3S/c1-15(32)30-7-4-16(5-8-30)6-9-31-24-22(23(26)27-14-28-24)29-25(31)35-21-13-20-19(33-10-11-34-20)12-18(21)17-2-3-17/h12-14,16-17H,2-11H2,1H3,(H2,26,27,28). The van der Waals surface area contributed by atoms with Crippen LogP contribution in [0.5, 0.6) is 11.5 Å². The van der Waals surface area contributed by atoms with Gasteiger partial charge in [-0.05, 0) is 61.6 Å². The van der Waals surface area contributed by atoms with Crippen molar-refractivity contribution in [2.75, 3.05) is 32.0 Å². The Kier molecular flexibility index (Phi) is 5.91. The van der Waals surface area contributed by atoms with Crippen LogP contribution in [0.3, 0.4) is 0 Å². The summed E-state index contributed by atoms with van der Waals surface area (Å²) in [7, 11) is 0. The third-order valence-electron chi connectivity index (χ3n) is 7.24. The highest BCUT2D eigenvalue weighted by atomic mass is 32.2. The number of aryl methyl sites for hydroxylation is 1. The number of hydrogen-bond donors (Lipinski definition) is 1. The van der Waals surface area contributed by atoms with Gasteiger partial charge in [-0.3, -0.25) is 4.79 Å². The lowest BCUT2D eigenvalue weighted by molar-refractivity contribution is -0.130. The maximum atomic E-state index is 11.7. The van der Waals surface area contributed by atoms with Gasteiger partial charge in [0.2, 0.25) is 5.91 Å². The van der Waals surface area contributed by atoms with Crippen molar-refractivity contribution in [1.29, 1.82) is 0 Å². The summed E-state index contributed by atoms with van der Waals surface area (Å²) >= 11 is 1.65. The molecule has 2 N–H and O–H groups in total. The summed E-state index contributed by atoms with van der Waals surface area (Å²) < 4.78 is 13.9. The van der Waals surface area contributed by atoms with Crippen LogP contribution in [0.15, 0.2) is 28.5 Å².